The second-order valence-corrected chi connectivity index (χ2v) is 10.1. The highest BCUT2D eigenvalue weighted by molar-refractivity contribution is 7.08. The molecule has 0 unspecified atom stereocenters. The highest BCUT2D eigenvalue weighted by Crippen LogP contribution is 2.41. The Morgan fingerprint density at radius 2 is 1.91 bits per heavy atom. The quantitative estimate of drug-likeness (QED) is 0.535. The molecule has 5 heterocycles. The van der Waals surface area contributed by atoms with E-state index in [1.54, 1.807) is 35.4 Å². The number of aromatic nitrogens is 3. The lowest BCUT2D eigenvalue weighted by Gasteiger charge is -2.39. The summed E-state index contributed by atoms with van der Waals surface area (Å²) in [7, 11) is 3.42. The molecule has 9 heteroatoms. The van der Waals surface area contributed by atoms with E-state index in [1.807, 2.05) is 46.7 Å². The fourth-order valence-corrected chi connectivity index (χ4v) is 5.90. The molecule has 0 saturated carbocycles. The molecule has 178 valence electrons. The number of rotatable bonds is 4. The average Bonchev–Trinajstić information content (AvgIpc) is 3.57. The van der Waals surface area contributed by atoms with Gasteiger partial charge in [-0.25, -0.2) is 4.98 Å². The van der Waals surface area contributed by atoms with E-state index < -0.39 is 0 Å². The van der Waals surface area contributed by atoms with E-state index in [-0.39, 0.29) is 17.2 Å². The highest BCUT2D eigenvalue weighted by Gasteiger charge is 2.43. The van der Waals surface area contributed by atoms with Gasteiger partial charge >= 0.3 is 0 Å². The summed E-state index contributed by atoms with van der Waals surface area (Å²) in [6, 6.07) is 2.00. The van der Waals surface area contributed by atoms with E-state index in [4.69, 9.17) is 4.74 Å². The van der Waals surface area contributed by atoms with E-state index >= 15 is 0 Å². The maximum atomic E-state index is 13.5. The van der Waals surface area contributed by atoms with E-state index in [0.29, 0.717) is 30.0 Å². The van der Waals surface area contributed by atoms with Gasteiger partial charge in [0, 0.05) is 45.5 Å². The van der Waals surface area contributed by atoms with E-state index in [0.717, 1.165) is 49.0 Å². The fourth-order valence-electron chi connectivity index (χ4n) is 5.27. The largest absolute Gasteiger partial charge is 0.495 e. The molecular weight excluding hydrogens is 450 g/mol. The Morgan fingerprint density at radius 3 is 2.59 bits per heavy atom. The van der Waals surface area contributed by atoms with Gasteiger partial charge in [0.2, 0.25) is 5.91 Å². The Kier molecular flexibility index (Phi) is 5.89. The van der Waals surface area contributed by atoms with Gasteiger partial charge in [0.05, 0.1) is 18.2 Å². The molecule has 2 saturated heterocycles. The molecule has 8 nitrogen and oxygen atoms in total. The summed E-state index contributed by atoms with van der Waals surface area (Å²) in [5.41, 5.74) is 3.10. The van der Waals surface area contributed by atoms with Crippen LogP contribution in [0.2, 0.25) is 0 Å². The fraction of sp³-hybridized carbons (Fsp3) is 0.440. The first-order valence-electron chi connectivity index (χ1n) is 11.6. The van der Waals surface area contributed by atoms with Gasteiger partial charge < -0.3 is 14.5 Å². The monoisotopic (exact) mass is 479 g/mol. The van der Waals surface area contributed by atoms with Gasteiger partial charge in [0.15, 0.2) is 5.65 Å². The highest BCUT2D eigenvalue weighted by atomic mass is 32.1. The van der Waals surface area contributed by atoms with Crippen LogP contribution in [0.4, 0.5) is 0 Å². The smallest absolute Gasteiger partial charge is 0.259 e. The summed E-state index contributed by atoms with van der Waals surface area (Å²) >= 11 is 1.62. The van der Waals surface area contributed by atoms with Gasteiger partial charge in [-0.2, -0.15) is 16.4 Å². The van der Waals surface area contributed by atoms with Crippen LogP contribution in [0.3, 0.4) is 0 Å². The predicted molar refractivity (Wildman–Crippen MR) is 132 cm³/mol. The Balaban J connectivity index is 1.26. The van der Waals surface area contributed by atoms with Crippen molar-refractivity contribution in [2.75, 3.05) is 33.3 Å². The first-order valence-corrected chi connectivity index (χ1v) is 12.5. The second kappa shape index (κ2) is 8.87. The lowest BCUT2D eigenvalue weighted by atomic mass is 9.78. The Hall–Kier alpha value is -3.20. The number of hydrogen-bond acceptors (Lipinski definition) is 6. The van der Waals surface area contributed by atoms with Gasteiger partial charge in [0.25, 0.3) is 5.91 Å². The third-order valence-electron chi connectivity index (χ3n) is 7.24. The van der Waals surface area contributed by atoms with Gasteiger partial charge in [-0.1, -0.05) is 0 Å². The number of piperidine rings is 1. The molecular formula is C25H29N5O3S. The number of nitrogens with zero attached hydrogens (tertiary/aromatic N) is 5. The van der Waals surface area contributed by atoms with Crippen molar-refractivity contribution in [2.24, 2.45) is 12.5 Å². The molecule has 34 heavy (non-hydrogen) atoms. The van der Waals surface area contributed by atoms with Crippen molar-refractivity contribution in [3.05, 3.63) is 45.9 Å². The molecule has 0 radical (unpaired) electrons. The molecule has 2 aliphatic rings. The zero-order valence-electron chi connectivity index (χ0n) is 19.8. The van der Waals surface area contributed by atoms with E-state index in [1.165, 1.54) is 0 Å². The standard InChI is InChI=1S/C25H29N5O3S/c1-17-21-22(33-3)19(14-26-23(21)28(2)27-17)24(32)30-12-9-25(16-30)7-10-29(11-8-25)20(31)5-4-18-6-13-34-15-18/h4-6,13-15H,7-12,16H2,1-3H3/b5-4+. The molecule has 2 fully saturated rings. The average molecular weight is 480 g/mol. The number of thiophene rings is 1. The zero-order valence-corrected chi connectivity index (χ0v) is 20.6. The van der Waals surface area contributed by atoms with Crippen LogP contribution in [-0.4, -0.2) is 69.7 Å². The molecule has 0 aliphatic carbocycles. The van der Waals surface area contributed by atoms with Crippen molar-refractivity contribution >= 4 is 40.3 Å². The van der Waals surface area contributed by atoms with E-state index in [2.05, 4.69) is 10.1 Å². The lowest BCUT2D eigenvalue weighted by Crippen LogP contribution is -2.44. The molecule has 2 amide bonds. The van der Waals surface area contributed by atoms with Crippen LogP contribution in [-0.2, 0) is 11.8 Å². The first kappa shape index (κ1) is 22.6. The van der Waals surface area contributed by atoms with E-state index in [9.17, 15) is 9.59 Å². The second-order valence-electron chi connectivity index (χ2n) is 9.30. The van der Waals surface area contributed by atoms with Crippen LogP contribution in [0.5, 0.6) is 5.75 Å². The molecule has 3 aromatic rings. The zero-order chi connectivity index (χ0) is 23.9. The van der Waals surface area contributed by atoms with Crippen molar-refractivity contribution in [3.8, 4) is 5.75 Å². The minimum atomic E-state index is -0.0522. The van der Waals surface area contributed by atoms with Crippen molar-refractivity contribution < 1.29 is 14.3 Å². The molecule has 2 aliphatic heterocycles. The number of fused-ring (bicyclic) bond motifs is 1. The number of carbonyl (C=O) groups excluding carboxylic acids is 2. The van der Waals surface area contributed by atoms with Gasteiger partial charge in [-0.15, -0.1) is 0 Å². The topological polar surface area (TPSA) is 80.6 Å². The lowest BCUT2D eigenvalue weighted by molar-refractivity contribution is -0.128. The van der Waals surface area contributed by atoms with Crippen molar-refractivity contribution in [1.29, 1.82) is 0 Å². The Labute approximate surface area is 202 Å². The number of ether oxygens (including phenoxy) is 1. The molecule has 1 spiro atoms. The maximum absolute atomic E-state index is 13.5. The van der Waals surface area contributed by atoms with Crippen molar-refractivity contribution in [3.63, 3.8) is 0 Å². The van der Waals surface area contributed by atoms with Crippen molar-refractivity contribution in [1.82, 2.24) is 24.6 Å². The molecule has 5 rings (SSSR count). The summed E-state index contributed by atoms with van der Waals surface area (Å²) in [6.45, 7) is 4.75. The molecule has 0 atom stereocenters. The summed E-state index contributed by atoms with van der Waals surface area (Å²) < 4.78 is 7.38. The Morgan fingerprint density at radius 1 is 1.18 bits per heavy atom. The van der Waals surface area contributed by atoms with Crippen LogP contribution >= 0.6 is 11.3 Å². The van der Waals surface area contributed by atoms with Crippen LogP contribution in [0.1, 0.15) is 40.9 Å². The molecule has 0 bridgehead atoms. The third-order valence-corrected chi connectivity index (χ3v) is 7.94. The minimum Gasteiger partial charge on any atom is -0.495 e. The molecule has 0 N–H and O–H groups in total. The number of carbonyl (C=O) groups is 2. The number of amides is 2. The number of hydrogen-bond donors (Lipinski definition) is 0. The predicted octanol–water partition coefficient (Wildman–Crippen LogP) is 3.51. The van der Waals surface area contributed by atoms with Gasteiger partial charge in [-0.05, 0) is 60.1 Å². The number of likely N-dealkylation sites (tertiary alicyclic amines) is 2. The number of methoxy groups -OCH3 is 1. The minimum absolute atomic E-state index is 0.0522. The molecule has 0 aromatic carbocycles. The van der Waals surface area contributed by atoms with Crippen LogP contribution in [0.25, 0.3) is 17.1 Å². The summed E-state index contributed by atoms with van der Waals surface area (Å²) in [4.78, 5) is 34.4. The maximum Gasteiger partial charge on any atom is 0.259 e. The summed E-state index contributed by atoms with van der Waals surface area (Å²) in [5, 5.41) is 9.24. The van der Waals surface area contributed by atoms with Crippen LogP contribution < -0.4 is 4.74 Å². The van der Waals surface area contributed by atoms with Crippen molar-refractivity contribution in [2.45, 2.75) is 26.2 Å². The number of aryl methyl sites for hydroxylation is 2. The first-order chi connectivity index (χ1) is 16.4. The van der Waals surface area contributed by atoms with Gasteiger partial charge in [-0.3, -0.25) is 14.3 Å². The van der Waals surface area contributed by atoms with Crippen LogP contribution in [0.15, 0.2) is 29.1 Å². The third kappa shape index (κ3) is 3.98. The summed E-state index contributed by atoms with van der Waals surface area (Å²) in [6.07, 6.45) is 7.92. The van der Waals surface area contributed by atoms with Gasteiger partial charge in [0.1, 0.15) is 11.3 Å². The number of pyridine rings is 1. The van der Waals surface area contributed by atoms with Crippen LogP contribution in [0, 0.1) is 12.3 Å². The normalized spacial score (nSPS) is 17.9. The SMILES string of the molecule is COc1c(C(=O)N2CCC3(CCN(C(=O)/C=C/c4ccsc4)CC3)C2)cnc2c1c(C)nn2C. The molecule has 3 aromatic heterocycles. The Bertz CT molecular complexity index is 1260. The summed E-state index contributed by atoms with van der Waals surface area (Å²) in [5.74, 6) is 0.547.